The fourth-order valence-electron chi connectivity index (χ4n) is 2.07. The molecule has 24 heavy (non-hydrogen) atoms. The van der Waals surface area contributed by atoms with Crippen molar-refractivity contribution in [3.8, 4) is 11.5 Å². The standard InChI is InChI=1S/C18H20N2O4/c1-2-13-5-3-4-6-16(13)24-12-18(22)20-14-7-9-15(10-8-14)23-11-17(19)21/h3-10H,2,11-12H2,1H3,(H2,19,21)(H,20,22). The number of ether oxygens (including phenoxy) is 2. The third kappa shape index (κ3) is 5.31. The molecule has 2 aromatic carbocycles. The highest BCUT2D eigenvalue weighted by Gasteiger charge is 2.06. The van der Waals surface area contributed by atoms with Crippen LogP contribution in [0.5, 0.6) is 11.5 Å². The summed E-state index contributed by atoms with van der Waals surface area (Å²) in [4.78, 5) is 22.6. The molecule has 0 radical (unpaired) electrons. The lowest BCUT2D eigenvalue weighted by molar-refractivity contribution is -0.120. The van der Waals surface area contributed by atoms with Gasteiger partial charge in [-0.3, -0.25) is 9.59 Å². The molecule has 0 unspecified atom stereocenters. The zero-order valence-electron chi connectivity index (χ0n) is 13.5. The lowest BCUT2D eigenvalue weighted by atomic mass is 10.1. The van der Waals surface area contributed by atoms with E-state index in [1.54, 1.807) is 24.3 Å². The number of para-hydroxylation sites is 1. The number of carbonyl (C=O) groups is 2. The molecule has 0 spiro atoms. The van der Waals surface area contributed by atoms with Gasteiger partial charge in [0.25, 0.3) is 11.8 Å². The summed E-state index contributed by atoms with van der Waals surface area (Å²) in [6.07, 6.45) is 0.838. The first-order valence-corrected chi connectivity index (χ1v) is 7.60. The van der Waals surface area contributed by atoms with Gasteiger partial charge in [-0.05, 0) is 42.3 Å². The predicted octanol–water partition coefficient (Wildman–Crippen LogP) is 2.13. The van der Waals surface area contributed by atoms with E-state index in [9.17, 15) is 9.59 Å². The second kappa shape index (κ2) is 8.57. The van der Waals surface area contributed by atoms with Gasteiger partial charge in [-0.15, -0.1) is 0 Å². The van der Waals surface area contributed by atoms with E-state index in [-0.39, 0.29) is 19.1 Å². The van der Waals surface area contributed by atoms with E-state index >= 15 is 0 Å². The molecule has 0 aromatic heterocycles. The number of hydrogen-bond donors (Lipinski definition) is 2. The number of amides is 2. The first-order valence-electron chi connectivity index (χ1n) is 7.60. The van der Waals surface area contributed by atoms with Crippen molar-refractivity contribution in [3.63, 3.8) is 0 Å². The quantitative estimate of drug-likeness (QED) is 0.776. The summed E-state index contributed by atoms with van der Waals surface area (Å²) in [6, 6.07) is 14.3. The summed E-state index contributed by atoms with van der Waals surface area (Å²) in [7, 11) is 0. The molecule has 0 bridgehead atoms. The number of nitrogens with two attached hydrogens (primary N) is 1. The third-order valence-corrected chi connectivity index (χ3v) is 3.23. The van der Waals surface area contributed by atoms with Gasteiger partial charge < -0.3 is 20.5 Å². The second-order valence-corrected chi connectivity index (χ2v) is 5.08. The lowest BCUT2D eigenvalue weighted by Crippen LogP contribution is -2.21. The molecular formula is C18H20N2O4. The number of rotatable bonds is 8. The van der Waals surface area contributed by atoms with Crippen LogP contribution in [0.25, 0.3) is 0 Å². The Morgan fingerprint density at radius 3 is 2.38 bits per heavy atom. The van der Waals surface area contributed by atoms with Crippen molar-refractivity contribution in [3.05, 3.63) is 54.1 Å². The molecule has 0 aliphatic rings. The van der Waals surface area contributed by atoms with Gasteiger partial charge in [0.2, 0.25) is 0 Å². The largest absolute Gasteiger partial charge is 0.484 e. The highest BCUT2D eigenvalue weighted by molar-refractivity contribution is 5.91. The lowest BCUT2D eigenvalue weighted by Gasteiger charge is -2.11. The van der Waals surface area contributed by atoms with Crippen LogP contribution in [0, 0.1) is 0 Å². The van der Waals surface area contributed by atoms with Crippen LogP contribution in [0.15, 0.2) is 48.5 Å². The van der Waals surface area contributed by atoms with Crippen LogP contribution in [0.3, 0.4) is 0 Å². The van der Waals surface area contributed by atoms with Gasteiger partial charge in [0.1, 0.15) is 11.5 Å². The van der Waals surface area contributed by atoms with Gasteiger partial charge in [0.05, 0.1) is 0 Å². The molecule has 6 heteroatoms. The van der Waals surface area contributed by atoms with Crippen molar-refractivity contribution < 1.29 is 19.1 Å². The number of carbonyl (C=O) groups excluding carboxylic acids is 2. The second-order valence-electron chi connectivity index (χ2n) is 5.08. The summed E-state index contributed by atoms with van der Waals surface area (Å²) < 4.78 is 10.7. The monoisotopic (exact) mass is 328 g/mol. The Balaban J connectivity index is 1.84. The maximum Gasteiger partial charge on any atom is 0.262 e. The number of nitrogens with one attached hydrogen (secondary N) is 1. The maximum atomic E-state index is 12.0. The number of anilines is 1. The molecule has 6 nitrogen and oxygen atoms in total. The van der Waals surface area contributed by atoms with Gasteiger partial charge >= 0.3 is 0 Å². The zero-order valence-corrected chi connectivity index (χ0v) is 13.5. The summed E-state index contributed by atoms with van der Waals surface area (Å²) in [6.45, 7) is 1.78. The topological polar surface area (TPSA) is 90.7 Å². The summed E-state index contributed by atoms with van der Waals surface area (Å²) >= 11 is 0. The minimum absolute atomic E-state index is 0.0725. The van der Waals surface area contributed by atoms with Crippen molar-refractivity contribution >= 4 is 17.5 Å². The molecule has 0 aliphatic heterocycles. The molecule has 0 atom stereocenters. The average Bonchev–Trinajstić information content (AvgIpc) is 2.59. The molecule has 3 N–H and O–H groups in total. The average molecular weight is 328 g/mol. The van der Waals surface area contributed by atoms with Gasteiger partial charge in [0, 0.05) is 5.69 Å². The molecule has 0 fully saturated rings. The van der Waals surface area contributed by atoms with Gasteiger partial charge in [-0.2, -0.15) is 0 Å². The third-order valence-electron chi connectivity index (χ3n) is 3.23. The van der Waals surface area contributed by atoms with Crippen molar-refractivity contribution in [2.75, 3.05) is 18.5 Å². The van der Waals surface area contributed by atoms with E-state index in [1.807, 2.05) is 31.2 Å². The van der Waals surface area contributed by atoms with Crippen LogP contribution in [0.1, 0.15) is 12.5 Å². The highest BCUT2D eigenvalue weighted by atomic mass is 16.5. The molecule has 0 saturated carbocycles. The Morgan fingerprint density at radius 2 is 1.71 bits per heavy atom. The Labute approximate surface area is 140 Å². The Morgan fingerprint density at radius 1 is 1.00 bits per heavy atom. The van der Waals surface area contributed by atoms with Crippen LogP contribution in [-0.2, 0) is 16.0 Å². The van der Waals surface area contributed by atoms with E-state index in [4.69, 9.17) is 15.2 Å². The fourth-order valence-corrected chi connectivity index (χ4v) is 2.07. The molecule has 2 amide bonds. The van der Waals surface area contributed by atoms with E-state index in [1.165, 1.54) is 0 Å². The van der Waals surface area contributed by atoms with Crippen LogP contribution in [0.2, 0.25) is 0 Å². The normalized spacial score (nSPS) is 10.0. The molecule has 0 saturated heterocycles. The van der Waals surface area contributed by atoms with Crippen LogP contribution in [0.4, 0.5) is 5.69 Å². The first kappa shape index (κ1) is 17.3. The van der Waals surface area contributed by atoms with Crippen molar-refractivity contribution in [2.24, 2.45) is 5.73 Å². The summed E-state index contributed by atoms with van der Waals surface area (Å²) in [5.41, 5.74) is 6.67. The number of hydrogen-bond acceptors (Lipinski definition) is 4. The molecule has 2 aromatic rings. The van der Waals surface area contributed by atoms with Crippen molar-refractivity contribution in [1.82, 2.24) is 0 Å². The van der Waals surface area contributed by atoms with Gasteiger partial charge in [0.15, 0.2) is 13.2 Å². The van der Waals surface area contributed by atoms with Crippen LogP contribution in [-0.4, -0.2) is 25.0 Å². The number of primary amides is 1. The highest BCUT2D eigenvalue weighted by Crippen LogP contribution is 2.19. The smallest absolute Gasteiger partial charge is 0.262 e. The fraction of sp³-hybridized carbons (Fsp3) is 0.222. The molecule has 2 rings (SSSR count). The SMILES string of the molecule is CCc1ccccc1OCC(=O)Nc1ccc(OCC(N)=O)cc1. The minimum Gasteiger partial charge on any atom is -0.484 e. The van der Waals surface area contributed by atoms with Crippen LogP contribution < -0.4 is 20.5 Å². The van der Waals surface area contributed by atoms with E-state index < -0.39 is 5.91 Å². The van der Waals surface area contributed by atoms with E-state index in [0.717, 1.165) is 12.0 Å². The Kier molecular flexibility index (Phi) is 6.19. The zero-order chi connectivity index (χ0) is 17.4. The summed E-state index contributed by atoms with van der Waals surface area (Å²) in [5, 5.41) is 2.73. The van der Waals surface area contributed by atoms with Gasteiger partial charge in [-0.1, -0.05) is 25.1 Å². The minimum atomic E-state index is -0.545. The van der Waals surface area contributed by atoms with Crippen molar-refractivity contribution in [1.29, 1.82) is 0 Å². The molecule has 0 aliphatic carbocycles. The van der Waals surface area contributed by atoms with Crippen LogP contribution >= 0.6 is 0 Å². The molecular weight excluding hydrogens is 308 g/mol. The van der Waals surface area contributed by atoms with E-state index in [2.05, 4.69) is 5.32 Å². The van der Waals surface area contributed by atoms with Gasteiger partial charge in [-0.25, -0.2) is 0 Å². The Hall–Kier alpha value is -3.02. The first-order chi connectivity index (χ1) is 11.6. The number of aryl methyl sites for hydroxylation is 1. The maximum absolute atomic E-state index is 12.0. The Bertz CT molecular complexity index is 698. The van der Waals surface area contributed by atoms with Crippen molar-refractivity contribution in [2.45, 2.75) is 13.3 Å². The van der Waals surface area contributed by atoms with E-state index in [0.29, 0.717) is 17.2 Å². The summed E-state index contributed by atoms with van der Waals surface area (Å²) in [5.74, 6) is 0.411. The number of benzene rings is 2. The predicted molar refractivity (Wildman–Crippen MR) is 91.1 cm³/mol. The molecule has 126 valence electrons. The molecule has 0 heterocycles.